The summed E-state index contributed by atoms with van der Waals surface area (Å²) in [5.74, 6) is 0.969. The van der Waals surface area contributed by atoms with Gasteiger partial charge in [0, 0.05) is 0 Å². The van der Waals surface area contributed by atoms with Crippen molar-refractivity contribution in [2.75, 3.05) is 0 Å². The predicted octanol–water partition coefficient (Wildman–Crippen LogP) is 4.81. The summed E-state index contributed by atoms with van der Waals surface area (Å²) in [5.41, 5.74) is 2.30. The highest BCUT2D eigenvalue weighted by Crippen LogP contribution is 2.33. The molecule has 0 aromatic heterocycles. The summed E-state index contributed by atoms with van der Waals surface area (Å²) < 4.78 is 29.8. The molecule has 1 fully saturated rings. The molecule has 0 atom stereocenters. The van der Waals surface area contributed by atoms with E-state index in [9.17, 15) is 8.42 Å². The van der Waals surface area contributed by atoms with Gasteiger partial charge < -0.3 is 4.18 Å². The van der Waals surface area contributed by atoms with Crippen molar-refractivity contribution >= 4 is 10.1 Å². The molecule has 0 saturated heterocycles. The molecule has 2 aromatic carbocycles. The van der Waals surface area contributed by atoms with Gasteiger partial charge >= 0.3 is 10.1 Å². The van der Waals surface area contributed by atoms with E-state index in [-0.39, 0.29) is 4.90 Å². The van der Waals surface area contributed by atoms with E-state index in [1.807, 2.05) is 19.1 Å². The van der Waals surface area contributed by atoms with Crippen molar-refractivity contribution in [3.63, 3.8) is 0 Å². The first-order valence-electron chi connectivity index (χ1n) is 8.16. The van der Waals surface area contributed by atoms with Crippen LogP contribution in [0.5, 0.6) is 5.75 Å². The topological polar surface area (TPSA) is 43.4 Å². The summed E-state index contributed by atoms with van der Waals surface area (Å²) >= 11 is 0. The van der Waals surface area contributed by atoms with E-state index in [1.54, 1.807) is 36.4 Å². The molecule has 1 saturated carbocycles. The second-order valence-corrected chi connectivity index (χ2v) is 7.80. The smallest absolute Gasteiger partial charge is 0.339 e. The monoisotopic (exact) mass is 330 g/mol. The molecular weight excluding hydrogens is 308 g/mol. The fourth-order valence-corrected chi connectivity index (χ4v) is 4.04. The maximum Gasteiger partial charge on any atom is 0.339 e. The second kappa shape index (κ2) is 6.75. The third-order valence-electron chi connectivity index (χ3n) is 4.47. The summed E-state index contributed by atoms with van der Waals surface area (Å²) in [4.78, 5) is 0.180. The summed E-state index contributed by atoms with van der Waals surface area (Å²) in [6, 6.07) is 14.2. The first-order valence-corrected chi connectivity index (χ1v) is 9.56. The zero-order valence-electron chi connectivity index (χ0n) is 13.4. The van der Waals surface area contributed by atoms with Gasteiger partial charge in [0.05, 0.1) is 0 Å². The van der Waals surface area contributed by atoms with Crippen LogP contribution in [0.4, 0.5) is 0 Å². The van der Waals surface area contributed by atoms with Crippen molar-refractivity contribution in [3.05, 3.63) is 59.7 Å². The van der Waals surface area contributed by atoms with E-state index in [1.165, 1.54) is 37.7 Å². The standard InChI is InChI=1S/C19H22O3S/c1-15-7-13-19(14-8-15)23(20,21)22-18-11-9-17(10-12-18)16-5-3-2-4-6-16/h7-14,16H,2-6H2,1H3. The minimum Gasteiger partial charge on any atom is -0.379 e. The molecule has 0 unspecified atom stereocenters. The molecule has 0 bridgehead atoms. The second-order valence-electron chi connectivity index (χ2n) is 6.25. The van der Waals surface area contributed by atoms with Crippen LogP contribution in [0.25, 0.3) is 0 Å². The molecule has 3 nitrogen and oxygen atoms in total. The van der Waals surface area contributed by atoms with Gasteiger partial charge in [-0.3, -0.25) is 0 Å². The molecule has 0 aliphatic heterocycles. The Morgan fingerprint density at radius 1 is 0.870 bits per heavy atom. The van der Waals surface area contributed by atoms with Crippen LogP contribution in [0.3, 0.4) is 0 Å². The van der Waals surface area contributed by atoms with Gasteiger partial charge in [-0.25, -0.2) is 0 Å². The molecule has 0 radical (unpaired) electrons. The molecule has 4 heteroatoms. The number of aryl methyl sites for hydroxylation is 1. The molecule has 2 aromatic rings. The van der Waals surface area contributed by atoms with Crippen molar-refractivity contribution in [2.45, 2.75) is 49.8 Å². The van der Waals surface area contributed by atoms with Crippen LogP contribution in [0.1, 0.15) is 49.1 Å². The molecule has 0 N–H and O–H groups in total. The van der Waals surface area contributed by atoms with E-state index in [2.05, 4.69) is 0 Å². The molecule has 1 aliphatic rings. The Morgan fingerprint density at radius 3 is 2.09 bits per heavy atom. The van der Waals surface area contributed by atoms with Crippen molar-refractivity contribution in [1.82, 2.24) is 0 Å². The first kappa shape index (κ1) is 16.1. The number of benzene rings is 2. The predicted molar refractivity (Wildman–Crippen MR) is 91.3 cm³/mol. The maximum atomic E-state index is 12.3. The van der Waals surface area contributed by atoms with Gasteiger partial charge in [0.2, 0.25) is 0 Å². The SMILES string of the molecule is Cc1ccc(S(=O)(=O)Oc2ccc(C3CCCCC3)cc2)cc1. The maximum absolute atomic E-state index is 12.3. The highest BCUT2D eigenvalue weighted by atomic mass is 32.2. The summed E-state index contributed by atoms with van der Waals surface area (Å²) in [5, 5.41) is 0. The summed E-state index contributed by atoms with van der Waals surface area (Å²) in [7, 11) is -3.77. The van der Waals surface area contributed by atoms with Gasteiger partial charge in [-0.05, 0) is 55.5 Å². The Kier molecular flexibility index (Phi) is 4.71. The van der Waals surface area contributed by atoms with Gasteiger partial charge in [-0.1, -0.05) is 49.1 Å². The van der Waals surface area contributed by atoms with Gasteiger partial charge in [0.1, 0.15) is 10.6 Å². The fraction of sp³-hybridized carbons (Fsp3) is 0.368. The third kappa shape index (κ3) is 3.94. The van der Waals surface area contributed by atoms with Crippen LogP contribution >= 0.6 is 0 Å². The Labute approximate surface area is 138 Å². The lowest BCUT2D eigenvalue weighted by Gasteiger charge is -2.22. The third-order valence-corrected chi connectivity index (χ3v) is 5.73. The van der Waals surface area contributed by atoms with Gasteiger partial charge in [-0.2, -0.15) is 8.42 Å². The molecule has 23 heavy (non-hydrogen) atoms. The van der Waals surface area contributed by atoms with Gasteiger partial charge in [0.15, 0.2) is 0 Å². The summed E-state index contributed by atoms with van der Waals surface area (Å²) in [6.45, 7) is 1.92. The highest BCUT2D eigenvalue weighted by Gasteiger charge is 2.18. The number of hydrogen-bond donors (Lipinski definition) is 0. The van der Waals surface area contributed by atoms with Crippen molar-refractivity contribution in [1.29, 1.82) is 0 Å². The van der Waals surface area contributed by atoms with Crippen LogP contribution in [0.15, 0.2) is 53.4 Å². The van der Waals surface area contributed by atoms with E-state index >= 15 is 0 Å². The van der Waals surface area contributed by atoms with Gasteiger partial charge in [0.25, 0.3) is 0 Å². The van der Waals surface area contributed by atoms with E-state index in [4.69, 9.17) is 4.18 Å². The van der Waals surface area contributed by atoms with Crippen molar-refractivity contribution in [2.24, 2.45) is 0 Å². The zero-order valence-corrected chi connectivity index (χ0v) is 14.2. The molecule has 0 heterocycles. The fourth-order valence-electron chi connectivity index (χ4n) is 3.11. The van der Waals surface area contributed by atoms with E-state index in [0.717, 1.165) is 5.56 Å². The lowest BCUT2D eigenvalue weighted by atomic mass is 9.84. The molecule has 0 amide bonds. The quantitative estimate of drug-likeness (QED) is 0.756. The highest BCUT2D eigenvalue weighted by molar-refractivity contribution is 7.87. The van der Waals surface area contributed by atoms with Crippen LogP contribution in [0.2, 0.25) is 0 Å². The normalized spacial score (nSPS) is 16.2. The molecule has 0 spiro atoms. The minimum absolute atomic E-state index is 0.180. The van der Waals surface area contributed by atoms with Crippen LogP contribution < -0.4 is 4.18 Å². The Morgan fingerprint density at radius 2 is 1.48 bits per heavy atom. The molecule has 1 aliphatic carbocycles. The van der Waals surface area contributed by atoms with Crippen LogP contribution in [0, 0.1) is 6.92 Å². The average molecular weight is 330 g/mol. The zero-order chi connectivity index (χ0) is 16.3. The van der Waals surface area contributed by atoms with Crippen molar-refractivity contribution in [3.8, 4) is 5.75 Å². The lowest BCUT2D eigenvalue weighted by Crippen LogP contribution is -2.10. The van der Waals surface area contributed by atoms with Crippen molar-refractivity contribution < 1.29 is 12.6 Å². The summed E-state index contributed by atoms with van der Waals surface area (Å²) in [6.07, 6.45) is 6.34. The lowest BCUT2D eigenvalue weighted by molar-refractivity contribution is 0.443. The van der Waals surface area contributed by atoms with E-state index in [0.29, 0.717) is 11.7 Å². The Balaban J connectivity index is 1.73. The Bertz CT molecular complexity index is 740. The molecule has 3 rings (SSSR count). The van der Waals surface area contributed by atoms with Crippen LogP contribution in [-0.2, 0) is 10.1 Å². The Hall–Kier alpha value is -1.81. The first-order chi connectivity index (χ1) is 11.0. The minimum atomic E-state index is -3.77. The van der Waals surface area contributed by atoms with E-state index < -0.39 is 10.1 Å². The number of rotatable bonds is 4. The van der Waals surface area contributed by atoms with Crippen LogP contribution in [-0.4, -0.2) is 8.42 Å². The number of hydrogen-bond acceptors (Lipinski definition) is 3. The largest absolute Gasteiger partial charge is 0.379 e. The van der Waals surface area contributed by atoms with Gasteiger partial charge in [-0.15, -0.1) is 0 Å². The molecular formula is C19H22O3S. The average Bonchev–Trinajstić information content (AvgIpc) is 2.56. The molecule has 122 valence electrons.